The minimum Gasteiger partial charge on any atom is -0.462 e. The summed E-state index contributed by atoms with van der Waals surface area (Å²) in [5.41, 5.74) is 0.683. The standard InChI is InChI=1S/C20H20Cl2N2O5S/c1-2-29-20(26)14-3-6-16(7-4-14)30(27,28)24-11-9-23(10-12-24)19(25)15-5-8-17(21)18(22)13-15/h3-8,13H,2,9-12H2,1H3. The fourth-order valence-corrected chi connectivity index (χ4v) is 4.79. The number of ether oxygens (including phenoxy) is 1. The summed E-state index contributed by atoms with van der Waals surface area (Å²) in [6.07, 6.45) is 0. The van der Waals surface area contributed by atoms with Crippen LogP contribution in [0, 0.1) is 0 Å². The van der Waals surface area contributed by atoms with Gasteiger partial charge in [-0.1, -0.05) is 23.2 Å². The van der Waals surface area contributed by atoms with Gasteiger partial charge in [0.2, 0.25) is 10.0 Å². The van der Waals surface area contributed by atoms with Crippen LogP contribution in [-0.2, 0) is 14.8 Å². The summed E-state index contributed by atoms with van der Waals surface area (Å²) in [5.74, 6) is -0.736. The van der Waals surface area contributed by atoms with Gasteiger partial charge in [-0.15, -0.1) is 0 Å². The Kier molecular flexibility index (Phi) is 7.02. The van der Waals surface area contributed by atoms with Crippen LogP contribution in [0.3, 0.4) is 0 Å². The van der Waals surface area contributed by atoms with Crippen molar-refractivity contribution in [1.29, 1.82) is 0 Å². The van der Waals surface area contributed by atoms with Crippen molar-refractivity contribution in [3.05, 3.63) is 63.6 Å². The van der Waals surface area contributed by atoms with Crippen LogP contribution in [0.25, 0.3) is 0 Å². The number of sulfonamides is 1. The Morgan fingerprint density at radius 2 is 1.53 bits per heavy atom. The average molecular weight is 471 g/mol. The fourth-order valence-electron chi connectivity index (χ4n) is 3.07. The largest absolute Gasteiger partial charge is 0.462 e. The van der Waals surface area contributed by atoms with Crippen molar-refractivity contribution in [3.63, 3.8) is 0 Å². The Balaban J connectivity index is 1.66. The topological polar surface area (TPSA) is 84.0 Å². The van der Waals surface area contributed by atoms with E-state index >= 15 is 0 Å². The first-order valence-corrected chi connectivity index (χ1v) is 11.5. The molecule has 0 aliphatic carbocycles. The molecule has 0 atom stereocenters. The van der Waals surface area contributed by atoms with Gasteiger partial charge < -0.3 is 9.64 Å². The SMILES string of the molecule is CCOC(=O)c1ccc(S(=O)(=O)N2CCN(C(=O)c3ccc(Cl)c(Cl)c3)CC2)cc1. The van der Waals surface area contributed by atoms with Crippen LogP contribution in [-0.4, -0.2) is 62.3 Å². The number of carbonyl (C=O) groups is 2. The van der Waals surface area contributed by atoms with Gasteiger partial charge in [-0.3, -0.25) is 4.79 Å². The van der Waals surface area contributed by atoms with Crippen molar-refractivity contribution in [3.8, 4) is 0 Å². The summed E-state index contributed by atoms with van der Waals surface area (Å²) in [5, 5.41) is 0.646. The Morgan fingerprint density at radius 3 is 2.10 bits per heavy atom. The van der Waals surface area contributed by atoms with E-state index in [9.17, 15) is 18.0 Å². The first-order chi connectivity index (χ1) is 14.2. The third kappa shape index (κ3) is 4.78. The Bertz CT molecular complexity index is 1050. The van der Waals surface area contributed by atoms with Crippen LogP contribution < -0.4 is 0 Å². The number of benzene rings is 2. The van der Waals surface area contributed by atoms with E-state index in [-0.39, 0.29) is 54.2 Å². The molecule has 0 unspecified atom stereocenters. The summed E-state index contributed by atoms with van der Waals surface area (Å²) in [7, 11) is -3.74. The molecular formula is C20H20Cl2N2O5S. The number of halogens is 2. The molecule has 1 amide bonds. The van der Waals surface area contributed by atoms with E-state index in [1.165, 1.54) is 34.6 Å². The van der Waals surface area contributed by atoms with E-state index in [4.69, 9.17) is 27.9 Å². The van der Waals surface area contributed by atoms with E-state index in [0.29, 0.717) is 10.6 Å². The molecule has 0 aromatic heterocycles. The quantitative estimate of drug-likeness (QED) is 0.625. The van der Waals surface area contributed by atoms with Crippen molar-refractivity contribution in [2.45, 2.75) is 11.8 Å². The van der Waals surface area contributed by atoms with Crippen LogP contribution in [0.1, 0.15) is 27.6 Å². The molecule has 30 heavy (non-hydrogen) atoms. The molecule has 0 spiro atoms. The summed E-state index contributed by atoms with van der Waals surface area (Å²) in [6.45, 7) is 2.76. The predicted molar refractivity (Wildman–Crippen MR) is 114 cm³/mol. The fraction of sp³-hybridized carbons (Fsp3) is 0.300. The van der Waals surface area contributed by atoms with Gasteiger partial charge in [0, 0.05) is 31.7 Å². The van der Waals surface area contributed by atoms with Crippen molar-refractivity contribution in [2.75, 3.05) is 32.8 Å². The third-order valence-corrected chi connectivity index (χ3v) is 7.35. The number of piperazine rings is 1. The van der Waals surface area contributed by atoms with E-state index in [1.807, 2.05) is 0 Å². The van der Waals surface area contributed by atoms with E-state index in [1.54, 1.807) is 24.0 Å². The van der Waals surface area contributed by atoms with E-state index in [2.05, 4.69) is 0 Å². The molecular weight excluding hydrogens is 451 g/mol. The first-order valence-electron chi connectivity index (χ1n) is 9.25. The predicted octanol–water partition coefficient (Wildman–Crippen LogP) is 3.32. The summed E-state index contributed by atoms with van der Waals surface area (Å²) in [6, 6.07) is 10.3. The normalized spacial score (nSPS) is 15.1. The molecule has 2 aromatic carbocycles. The number of rotatable bonds is 5. The minimum atomic E-state index is -3.74. The number of nitrogens with zero attached hydrogens (tertiary/aromatic N) is 2. The molecule has 10 heteroatoms. The smallest absolute Gasteiger partial charge is 0.338 e. The third-order valence-electron chi connectivity index (χ3n) is 4.70. The monoisotopic (exact) mass is 470 g/mol. The molecule has 0 bridgehead atoms. The highest BCUT2D eigenvalue weighted by atomic mass is 35.5. The van der Waals surface area contributed by atoms with Gasteiger partial charge in [0.05, 0.1) is 27.1 Å². The number of hydrogen-bond acceptors (Lipinski definition) is 5. The van der Waals surface area contributed by atoms with Gasteiger partial charge in [0.25, 0.3) is 5.91 Å². The molecule has 160 valence electrons. The molecule has 1 fully saturated rings. The van der Waals surface area contributed by atoms with Crippen molar-refractivity contribution < 1.29 is 22.7 Å². The van der Waals surface area contributed by atoms with Crippen LogP contribution in [0.4, 0.5) is 0 Å². The molecule has 1 aliphatic heterocycles. The molecule has 3 rings (SSSR count). The summed E-state index contributed by atoms with van der Waals surface area (Å²) in [4.78, 5) is 26.0. The lowest BCUT2D eigenvalue weighted by Crippen LogP contribution is -2.50. The lowest BCUT2D eigenvalue weighted by molar-refractivity contribution is 0.0526. The Labute approximate surface area is 185 Å². The lowest BCUT2D eigenvalue weighted by atomic mass is 10.2. The van der Waals surface area contributed by atoms with Gasteiger partial charge in [0.15, 0.2) is 0 Å². The summed E-state index contributed by atoms with van der Waals surface area (Å²) >= 11 is 11.9. The van der Waals surface area contributed by atoms with Crippen LogP contribution in [0.2, 0.25) is 10.0 Å². The molecule has 0 saturated carbocycles. The molecule has 0 N–H and O–H groups in total. The van der Waals surface area contributed by atoms with Crippen LogP contribution in [0.5, 0.6) is 0 Å². The van der Waals surface area contributed by atoms with Crippen LogP contribution >= 0.6 is 23.2 Å². The highest BCUT2D eigenvalue weighted by molar-refractivity contribution is 7.89. The van der Waals surface area contributed by atoms with Gasteiger partial charge in [-0.2, -0.15) is 4.31 Å². The molecule has 0 radical (unpaired) electrons. The molecule has 2 aromatic rings. The first kappa shape index (κ1) is 22.6. The molecule has 1 aliphatic rings. The van der Waals surface area contributed by atoms with Crippen molar-refractivity contribution in [1.82, 2.24) is 9.21 Å². The number of hydrogen-bond donors (Lipinski definition) is 0. The average Bonchev–Trinajstić information content (AvgIpc) is 2.75. The van der Waals surface area contributed by atoms with Crippen molar-refractivity contribution >= 4 is 45.1 Å². The molecule has 1 heterocycles. The zero-order chi connectivity index (χ0) is 21.9. The number of amides is 1. The van der Waals surface area contributed by atoms with Gasteiger partial charge in [-0.05, 0) is 49.4 Å². The highest BCUT2D eigenvalue weighted by Crippen LogP contribution is 2.24. The minimum absolute atomic E-state index is 0.0832. The lowest BCUT2D eigenvalue weighted by Gasteiger charge is -2.34. The van der Waals surface area contributed by atoms with Crippen molar-refractivity contribution in [2.24, 2.45) is 0 Å². The maximum atomic E-state index is 12.9. The number of carbonyl (C=O) groups excluding carboxylic acids is 2. The highest BCUT2D eigenvalue weighted by Gasteiger charge is 2.30. The summed E-state index contributed by atoms with van der Waals surface area (Å²) < 4.78 is 32.0. The maximum Gasteiger partial charge on any atom is 0.338 e. The second kappa shape index (κ2) is 9.34. The van der Waals surface area contributed by atoms with E-state index < -0.39 is 16.0 Å². The molecule has 1 saturated heterocycles. The second-order valence-corrected chi connectivity index (χ2v) is 9.32. The molecule has 7 nitrogen and oxygen atoms in total. The second-order valence-electron chi connectivity index (χ2n) is 6.57. The number of esters is 1. The zero-order valence-corrected chi connectivity index (χ0v) is 18.5. The van der Waals surface area contributed by atoms with Gasteiger partial charge in [0.1, 0.15) is 0 Å². The van der Waals surface area contributed by atoms with Gasteiger partial charge in [-0.25, -0.2) is 13.2 Å². The van der Waals surface area contributed by atoms with Gasteiger partial charge >= 0.3 is 5.97 Å². The Morgan fingerprint density at radius 1 is 0.933 bits per heavy atom. The Hall–Kier alpha value is -2.13. The zero-order valence-electron chi connectivity index (χ0n) is 16.2. The van der Waals surface area contributed by atoms with Crippen LogP contribution in [0.15, 0.2) is 47.4 Å². The maximum absolute atomic E-state index is 12.9. The van der Waals surface area contributed by atoms with E-state index in [0.717, 1.165) is 0 Å².